The van der Waals surface area contributed by atoms with Crippen molar-refractivity contribution in [1.82, 2.24) is 5.32 Å². The monoisotopic (exact) mass is 552 g/mol. The molecule has 5 nitrogen and oxygen atoms in total. The fourth-order valence-electron chi connectivity index (χ4n) is 11.4. The Labute approximate surface area is 243 Å². The summed E-state index contributed by atoms with van der Waals surface area (Å²) in [6.07, 6.45) is 9.53. The summed E-state index contributed by atoms with van der Waals surface area (Å²) in [5, 5.41) is 23.4. The molecular formula is C35H56N2O3. The quantitative estimate of drug-likeness (QED) is 0.248. The lowest BCUT2D eigenvalue weighted by Crippen LogP contribution is -2.66. The van der Waals surface area contributed by atoms with Crippen molar-refractivity contribution in [2.24, 2.45) is 62.6 Å². The average molecular weight is 553 g/mol. The molecule has 1 amide bonds. The number of nitrogens with one attached hydrogen (secondary N) is 1. The van der Waals surface area contributed by atoms with E-state index in [9.17, 15) is 20.0 Å². The van der Waals surface area contributed by atoms with Crippen molar-refractivity contribution in [2.75, 3.05) is 6.61 Å². The maximum atomic E-state index is 14.2. The lowest BCUT2D eigenvalue weighted by atomic mass is 9.33. The zero-order valence-electron chi connectivity index (χ0n) is 26.6. The van der Waals surface area contributed by atoms with E-state index in [-0.39, 0.29) is 52.6 Å². The van der Waals surface area contributed by atoms with Gasteiger partial charge in [0.2, 0.25) is 5.91 Å². The van der Waals surface area contributed by atoms with Crippen LogP contribution in [0.25, 0.3) is 0 Å². The van der Waals surface area contributed by atoms with Crippen LogP contribution in [0.1, 0.15) is 113 Å². The van der Waals surface area contributed by atoms with E-state index in [1.807, 2.05) is 0 Å². The third kappa shape index (κ3) is 4.33. The van der Waals surface area contributed by atoms with Gasteiger partial charge < -0.3 is 15.2 Å². The minimum Gasteiger partial charge on any atom is -0.394 e. The van der Waals surface area contributed by atoms with Gasteiger partial charge in [0.1, 0.15) is 6.29 Å². The van der Waals surface area contributed by atoms with Crippen LogP contribution in [0, 0.1) is 73.9 Å². The fraction of sp³-hybridized carbons (Fsp3) is 0.857. The van der Waals surface area contributed by atoms with Gasteiger partial charge in [-0.1, -0.05) is 60.6 Å². The van der Waals surface area contributed by atoms with Crippen molar-refractivity contribution in [1.29, 1.82) is 5.26 Å². The second-order valence-electron chi connectivity index (χ2n) is 16.1. The standard InChI is InChI=1S/C35H56N2O3/c1-22(2)24-12-15-35(30(40)37-26(20-38)23(3)4)17-16-33(8)25(29(24)35)10-11-28-32(7,18-19-36)27(31(5,6)21-39)13-14-34(28,33)9/h21,23-29,38H,1,10-18,20H2,2-9H3,(H,37,40)/t24-,25?,26+,27?,28?,29?,32-,33+,34+,35?/m0/s1. The molecule has 0 aromatic heterocycles. The lowest BCUT2D eigenvalue weighted by Gasteiger charge is -2.71. The van der Waals surface area contributed by atoms with E-state index in [0.29, 0.717) is 24.2 Å². The molecule has 0 bridgehead atoms. The van der Waals surface area contributed by atoms with Gasteiger partial charge in [-0.25, -0.2) is 0 Å². The van der Waals surface area contributed by atoms with E-state index in [0.717, 1.165) is 57.7 Å². The first-order valence-electron chi connectivity index (χ1n) is 16.0. The van der Waals surface area contributed by atoms with Crippen LogP contribution in [0.4, 0.5) is 0 Å². The summed E-state index contributed by atoms with van der Waals surface area (Å²) in [4.78, 5) is 26.5. The minimum absolute atomic E-state index is 0.0351. The maximum Gasteiger partial charge on any atom is 0.226 e. The molecule has 10 atom stereocenters. The predicted molar refractivity (Wildman–Crippen MR) is 160 cm³/mol. The summed E-state index contributed by atoms with van der Waals surface area (Å²) in [6, 6.07) is 2.32. The van der Waals surface area contributed by atoms with E-state index < -0.39 is 10.8 Å². The Morgan fingerprint density at radius 2 is 1.77 bits per heavy atom. The van der Waals surface area contributed by atoms with Crippen LogP contribution in [0.3, 0.4) is 0 Å². The Balaban J connectivity index is 1.77. The van der Waals surface area contributed by atoms with Gasteiger partial charge in [-0.3, -0.25) is 4.79 Å². The molecule has 2 N–H and O–H groups in total. The minimum atomic E-state index is -0.458. The molecule has 0 heterocycles. The number of rotatable bonds is 8. The molecule has 0 spiro atoms. The second kappa shape index (κ2) is 10.6. The first-order chi connectivity index (χ1) is 18.6. The normalized spacial score (nSPS) is 43.6. The summed E-state index contributed by atoms with van der Waals surface area (Å²) >= 11 is 0. The summed E-state index contributed by atoms with van der Waals surface area (Å²) in [5.41, 5.74) is 0.190. The van der Waals surface area contributed by atoms with Gasteiger partial charge in [0.15, 0.2) is 0 Å². The van der Waals surface area contributed by atoms with Crippen molar-refractivity contribution in [3.8, 4) is 6.07 Å². The number of amides is 1. The third-order valence-corrected chi connectivity index (χ3v) is 13.8. The van der Waals surface area contributed by atoms with E-state index in [2.05, 4.69) is 73.4 Å². The number of hydrogen-bond donors (Lipinski definition) is 2. The maximum absolute atomic E-state index is 14.2. The Kier molecular flexibility index (Phi) is 8.25. The van der Waals surface area contributed by atoms with Crippen LogP contribution in [0.5, 0.6) is 0 Å². The number of nitrogens with zero attached hydrogens (tertiary/aromatic N) is 1. The SMILES string of the molecule is C=C(C)[C@@H]1CCC2(C(=O)N[C@H](CO)C(C)C)CC[C@]3(C)C(CCC4[C@@](C)(CC#N)C(C(C)(C)C=O)CC[C@]43C)C12. The van der Waals surface area contributed by atoms with Crippen molar-refractivity contribution in [3.05, 3.63) is 12.2 Å². The molecule has 4 aliphatic rings. The molecule has 4 aliphatic carbocycles. The highest BCUT2D eigenvalue weighted by Crippen LogP contribution is 2.76. The van der Waals surface area contributed by atoms with Crippen LogP contribution in [0.2, 0.25) is 0 Å². The van der Waals surface area contributed by atoms with Crippen LogP contribution in [-0.4, -0.2) is 29.9 Å². The molecule has 0 aliphatic heterocycles. The number of aliphatic hydroxyl groups excluding tert-OH is 1. The van der Waals surface area contributed by atoms with Crippen molar-refractivity contribution in [3.63, 3.8) is 0 Å². The fourth-order valence-corrected chi connectivity index (χ4v) is 11.4. The summed E-state index contributed by atoms with van der Waals surface area (Å²) < 4.78 is 0. The highest BCUT2D eigenvalue weighted by atomic mass is 16.3. The lowest BCUT2D eigenvalue weighted by molar-refractivity contribution is -0.225. The van der Waals surface area contributed by atoms with Gasteiger partial charge in [-0.2, -0.15) is 5.26 Å². The number of allylic oxidation sites excluding steroid dienone is 1. The molecule has 4 rings (SSSR count). The zero-order valence-corrected chi connectivity index (χ0v) is 26.6. The molecule has 5 unspecified atom stereocenters. The highest BCUT2D eigenvalue weighted by molar-refractivity contribution is 5.84. The number of aldehydes is 1. The van der Waals surface area contributed by atoms with Crippen molar-refractivity contribution < 1.29 is 14.7 Å². The molecule has 0 aromatic rings. The molecular weight excluding hydrogens is 496 g/mol. The first-order valence-corrected chi connectivity index (χ1v) is 16.0. The number of nitriles is 1. The Morgan fingerprint density at radius 1 is 1.10 bits per heavy atom. The van der Waals surface area contributed by atoms with Crippen LogP contribution in [0.15, 0.2) is 12.2 Å². The van der Waals surface area contributed by atoms with Crippen LogP contribution in [-0.2, 0) is 9.59 Å². The largest absolute Gasteiger partial charge is 0.394 e. The van der Waals surface area contributed by atoms with Crippen LogP contribution < -0.4 is 5.32 Å². The second-order valence-corrected chi connectivity index (χ2v) is 16.1. The van der Waals surface area contributed by atoms with E-state index in [1.165, 1.54) is 5.57 Å². The Bertz CT molecular complexity index is 1060. The summed E-state index contributed by atoms with van der Waals surface area (Å²) in [7, 11) is 0. The molecule has 0 radical (unpaired) electrons. The molecule has 4 saturated carbocycles. The van der Waals surface area contributed by atoms with Gasteiger partial charge >= 0.3 is 0 Å². The van der Waals surface area contributed by atoms with Gasteiger partial charge in [0.25, 0.3) is 0 Å². The molecule has 224 valence electrons. The molecule has 4 fully saturated rings. The Morgan fingerprint density at radius 3 is 2.33 bits per heavy atom. The highest BCUT2D eigenvalue weighted by Gasteiger charge is 2.71. The third-order valence-electron chi connectivity index (χ3n) is 13.8. The van der Waals surface area contributed by atoms with Gasteiger partial charge in [-0.05, 0) is 110 Å². The summed E-state index contributed by atoms with van der Waals surface area (Å²) in [5.74, 6) is 1.86. The van der Waals surface area contributed by atoms with Crippen LogP contribution >= 0.6 is 0 Å². The molecule has 5 heteroatoms. The Hall–Kier alpha value is -1.67. The number of carbonyl (C=O) groups is 2. The van der Waals surface area contributed by atoms with E-state index in [4.69, 9.17) is 0 Å². The molecule has 0 saturated heterocycles. The van der Waals surface area contributed by atoms with Gasteiger partial charge in [-0.15, -0.1) is 0 Å². The smallest absolute Gasteiger partial charge is 0.226 e. The van der Waals surface area contributed by atoms with Crippen molar-refractivity contribution >= 4 is 12.2 Å². The number of fused-ring (bicyclic) bond motifs is 5. The molecule has 40 heavy (non-hydrogen) atoms. The number of carbonyl (C=O) groups excluding carboxylic acids is 2. The van der Waals surface area contributed by atoms with Gasteiger partial charge in [0, 0.05) is 11.8 Å². The average Bonchev–Trinajstić information content (AvgIpc) is 3.29. The molecule has 0 aromatic carbocycles. The number of hydrogen-bond acceptors (Lipinski definition) is 4. The summed E-state index contributed by atoms with van der Waals surface area (Å²) in [6.45, 7) is 22.1. The van der Waals surface area contributed by atoms with E-state index >= 15 is 0 Å². The first kappa shape index (κ1) is 31.3. The van der Waals surface area contributed by atoms with Gasteiger partial charge in [0.05, 0.1) is 24.1 Å². The van der Waals surface area contributed by atoms with E-state index in [1.54, 1.807) is 0 Å². The number of aliphatic hydroxyl groups is 1. The topological polar surface area (TPSA) is 90.2 Å². The van der Waals surface area contributed by atoms with Crippen molar-refractivity contribution in [2.45, 2.75) is 119 Å². The zero-order chi connectivity index (χ0) is 29.9. The predicted octanol–water partition coefficient (Wildman–Crippen LogP) is 7.10.